The molecule has 0 fully saturated rings. The monoisotopic (exact) mass is 396 g/mol. The van der Waals surface area contributed by atoms with Crippen molar-refractivity contribution in [2.45, 2.75) is 52.6 Å². The van der Waals surface area contributed by atoms with Gasteiger partial charge >= 0.3 is 0 Å². The van der Waals surface area contributed by atoms with Gasteiger partial charge in [-0.25, -0.2) is 0 Å². The molecule has 1 unspecified atom stereocenters. The minimum Gasteiger partial charge on any atom is -0.508 e. The lowest BCUT2D eigenvalue weighted by molar-refractivity contribution is 0.0842. The Balaban J connectivity index is 1.94. The highest BCUT2D eigenvalue weighted by Crippen LogP contribution is 2.45. The average Bonchev–Trinajstić information content (AvgIpc) is 2.66. The third kappa shape index (κ3) is 4.73. The molecule has 2 aromatic carbocycles. The van der Waals surface area contributed by atoms with Gasteiger partial charge in [0.2, 0.25) is 0 Å². The number of phenolic OH excluding ortho intramolecular Hbond substituents is 3. The Kier molecular flexibility index (Phi) is 6.16. The largest absolute Gasteiger partial charge is 0.508 e. The van der Waals surface area contributed by atoms with Gasteiger partial charge in [0.1, 0.15) is 34.7 Å². The molecule has 29 heavy (non-hydrogen) atoms. The van der Waals surface area contributed by atoms with Gasteiger partial charge in [0.05, 0.1) is 6.42 Å². The van der Waals surface area contributed by atoms with Crippen LogP contribution in [0.2, 0.25) is 0 Å². The first-order valence-corrected chi connectivity index (χ1v) is 9.98. The molecule has 1 heterocycles. The summed E-state index contributed by atoms with van der Waals surface area (Å²) in [6.45, 7) is 6.41. The number of fused-ring (bicyclic) bond motifs is 1. The maximum Gasteiger partial charge on any atom is 0.174 e. The number of allylic oxidation sites excluding steroid dienone is 2. The zero-order valence-corrected chi connectivity index (χ0v) is 17.1. The van der Waals surface area contributed by atoms with Crippen LogP contribution in [0.5, 0.6) is 23.0 Å². The van der Waals surface area contributed by atoms with Gasteiger partial charge < -0.3 is 20.1 Å². The molecule has 1 atom stereocenters. The second-order valence-electron chi connectivity index (χ2n) is 8.11. The molecule has 0 saturated carbocycles. The number of carbonyl (C=O) groups excluding carboxylic acids is 1. The molecular formula is C24H28O5. The maximum atomic E-state index is 12.7. The van der Waals surface area contributed by atoms with Gasteiger partial charge in [-0.15, -0.1) is 0 Å². The van der Waals surface area contributed by atoms with Crippen LogP contribution in [0.4, 0.5) is 0 Å². The number of rotatable bonds is 6. The quantitative estimate of drug-likeness (QED) is 0.566. The summed E-state index contributed by atoms with van der Waals surface area (Å²) in [5.74, 6) is 0.395. The van der Waals surface area contributed by atoms with Crippen molar-refractivity contribution in [1.82, 2.24) is 0 Å². The van der Waals surface area contributed by atoms with Crippen LogP contribution in [0.15, 0.2) is 42.0 Å². The number of carbonyl (C=O) groups is 1. The van der Waals surface area contributed by atoms with Crippen LogP contribution in [0, 0.1) is 5.92 Å². The van der Waals surface area contributed by atoms with E-state index in [9.17, 15) is 20.1 Å². The molecule has 0 aromatic heterocycles. The summed E-state index contributed by atoms with van der Waals surface area (Å²) in [6.07, 6.45) is 4.04. The Hall–Kier alpha value is -2.95. The van der Waals surface area contributed by atoms with Gasteiger partial charge in [-0.05, 0) is 49.8 Å². The molecule has 0 aliphatic carbocycles. The standard InChI is InChI=1S/C24H28O5/c1-14(2)4-5-15(3)6-11-18-19(26)12-20(27)23-21(28)13-22(29-24(18)23)16-7-9-17(25)10-8-16/h6-10,12,14,22,25-27H,4-5,11,13H2,1-3H3. The molecule has 154 valence electrons. The summed E-state index contributed by atoms with van der Waals surface area (Å²) in [4.78, 5) is 12.7. The van der Waals surface area contributed by atoms with E-state index in [2.05, 4.69) is 20.8 Å². The molecule has 1 aliphatic heterocycles. The molecule has 3 N–H and O–H groups in total. The first kappa shape index (κ1) is 20.8. The summed E-state index contributed by atoms with van der Waals surface area (Å²) < 4.78 is 6.10. The smallest absolute Gasteiger partial charge is 0.174 e. The Morgan fingerprint density at radius 3 is 2.52 bits per heavy atom. The number of Topliss-reactive ketones (excluding diaryl/α,β-unsaturated/α-hetero) is 1. The predicted octanol–water partition coefficient (Wildman–Crippen LogP) is 5.43. The van der Waals surface area contributed by atoms with E-state index in [1.807, 2.05) is 6.08 Å². The molecule has 0 radical (unpaired) electrons. The Morgan fingerprint density at radius 1 is 1.17 bits per heavy atom. The predicted molar refractivity (Wildman–Crippen MR) is 112 cm³/mol. The topological polar surface area (TPSA) is 87.0 Å². The van der Waals surface area contributed by atoms with Crippen molar-refractivity contribution in [3.05, 3.63) is 58.7 Å². The third-order valence-corrected chi connectivity index (χ3v) is 5.29. The number of hydrogen-bond acceptors (Lipinski definition) is 5. The van der Waals surface area contributed by atoms with Crippen molar-refractivity contribution in [1.29, 1.82) is 0 Å². The van der Waals surface area contributed by atoms with Gasteiger partial charge in [-0.2, -0.15) is 0 Å². The Labute approximate surface area is 171 Å². The van der Waals surface area contributed by atoms with Crippen LogP contribution in [-0.2, 0) is 6.42 Å². The minimum atomic E-state index is -0.540. The Morgan fingerprint density at radius 2 is 1.86 bits per heavy atom. The highest BCUT2D eigenvalue weighted by atomic mass is 16.5. The number of phenols is 3. The molecule has 2 aromatic rings. The van der Waals surface area contributed by atoms with Gasteiger partial charge in [0.25, 0.3) is 0 Å². The van der Waals surface area contributed by atoms with Crippen molar-refractivity contribution in [3.63, 3.8) is 0 Å². The fourth-order valence-corrected chi connectivity index (χ4v) is 3.49. The summed E-state index contributed by atoms with van der Waals surface area (Å²) in [6, 6.07) is 7.71. The summed E-state index contributed by atoms with van der Waals surface area (Å²) in [7, 11) is 0. The van der Waals surface area contributed by atoms with Gasteiger partial charge in [0, 0.05) is 11.6 Å². The van der Waals surface area contributed by atoms with Crippen molar-refractivity contribution in [2.24, 2.45) is 5.92 Å². The zero-order chi connectivity index (χ0) is 21.1. The van der Waals surface area contributed by atoms with Gasteiger partial charge in [0.15, 0.2) is 5.78 Å². The van der Waals surface area contributed by atoms with Gasteiger partial charge in [-0.1, -0.05) is 37.6 Å². The van der Waals surface area contributed by atoms with Crippen molar-refractivity contribution in [2.75, 3.05) is 0 Å². The number of ketones is 1. The molecule has 1 aliphatic rings. The van der Waals surface area contributed by atoms with Crippen molar-refractivity contribution in [3.8, 4) is 23.0 Å². The highest BCUT2D eigenvalue weighted by molar-refractivity contribution is 6.03. The lowest BCUT2D eigenvalue weighted by Crippen LogP contribution is -2.21. The van der Waals surface area contributed by atoms with E-state index in [1.165, 1.54) is 11.6 Å². The Bertz CT molecular complexity index is 925. The van der Waals surface area contributed by atoms with Crippen LogP contribution in [0.1, 0.15) is 67.6 Å². The average molecular weight is 396 g/mol. The molecule has 0 amide bonds. The van der Waals surface area contributed by atoms with Gasteiger partial charge in [-0.3, -0.25) is 4.79 Å². The van der Waals surface area contributed by atoms with E-state index in [1.54, 1.807) is 24.3 Å². The van der Waals surface area contributed by atoms with Crippen molar-refractivity contribution < 1.29 is 24.9 Å². The van der Waals surface area contributed by atoms with Crippen LogP contribution in [0.3, 0.4) is 0 Å². The SMILES string of the molecule is CC(=CCc1c(O)cc(O)c2c1OC(c1ccc(O)cc1)CC2=O)CCC(C)C. The molecule has 0 spiro atoms. The normalized spacial score (nSPS) is 16.6. The molecule has 3 rings (SSSR count). The number of ether oxygens (including phenoxy) is 1. The van der Waals surface area contributed by atoms with Crippen LogP contribution in [0.25, 0.3) is 0 Å². The van der Waals surface area contributed by atoms with Crippen LogP contribution >= 0.6 is 0 Å². The first-order valence-electron chi connectivity index (χ1n) is 9.98. The maximum absolute atomic E-state index is 12.7. The highest BCUT2D eigenvalue weighted by Gasteiger charge is 2.33. The molecule has 5 nitrogen and oxygen atoms in total. The molecule has 5 heteroatoms. The van der Waals surface area contributed by atoms with Crippen LogP contribution in [-0.4, -0.2) is 21.1 Å². The lowest BCUT2D eigenvalue weighted by atomic mass is 9.92. The molecular weight excluding hydrogens is 368 g/mol. The lowest BCUT2D eigenvalue weighted by Gasteiger charge is -2.28. The second kappa shape index (κ2) is 8.60. The fraction of sp³-hybridized carbons (Fsp3) is 0.375. The van der Waals surface area contributed by atoms with E-state index in [0.29, 0.717) is 17.9 Å². The molecule has 0 saturated heterocycles. The first-order chi connectivity index (χ1) is 13.8. The summed E-state index contributed by atoms with van der Waals surface area (Å²) >= 11 is 0. The van der Waals surface area contributed by atoms with E-state index in [-0.39, 0.29) is 40.8 Å². The van der Waals surface area contributed by atoms with E-state index < -0.39 is 6.10 Å². The number of benzene rings is 2. The second-order valence-corrected chi connectivity index (χ2v) is 8.11. The third-order valence-electron chi connectivity index (χ3n) is 5.29. The summed E-state index contributed by atoms with van der Waals surface area (Å²) in [5, 5.41) is 30.2. The number of hydrogen-bond donors (Lipinski definition) is 3. The number of aromatic hydroxyl groups is 3. The van der Waals surface area contributed by atoms with E-state index in [0.717, 1.165) is 18.4 Å². The minimum absolute atomic E-state index is 0.0821. The zero-order valence-electron chi connectivity index (χ0n) is 17.1. The molecule has 0 bridgehead atoms. The van der Waals surface area contributed by atoms with E-state index in [4.69, 9.17) is 4.74 Å². The summed E-state index contributed by atoms with van der Waals surface area (Å²) in [5.41, 5.74) is 2.58. The van der Waals surface area contributed by atoms with E-state index >= 15 is 0 Å². The fourth-order valence-electron chi connectivity index (χ4n) is 3.49. The van der Waals surface area contributed by atoms with Crippen molar-refractivity contribution >= 4 is 5.78 Å². The van der Waals surface area contributed by atoms with Crippen LogP contribution < -0.4 is 4.74 Å².